The Bertz CT molecular complexity index is 202. The van der Waals surface area contributed by atoms with E-state index in [1.54, 1.807) is 0 Å². The van der Waals surface area contributed by atoms with Crippen molar-refractivity contribution < 1.29 is 135 Å². The van der Waals surface area contributed by atoms with Gasteiger partial charge in [0.05, 0.1) is 0 Å². The van der Waals surface area contributed by atoms with E-state index in [9.17, 15) is 4.79 Å². The normalized spacial score (nSPS) is 10.8. The molecule has 0 amide bonds. The van der Waals surface area contributed by atoms with Crippen molar-refractivity contribution in [1.82, 2.24) is 0 Å². The third kappa shape index (κ3) is 53.3. The van der Waals surface area contributed by atoms with Crippen molar-refractivity contribution >= 4 is 16.4 Å². The van der Waals surface area contributed by atoms with Crippen LogP contribution in [0.4, 0.5) is 0 Å². The van der Waals surface area contributed by atoms with Crippen LogP contribution in [0.15, 0.2) is 0 Å². The number of aliphatic hydroxyl groups excluding tert-OH is 1. The summed E-state index contributed by atoms with van der Waals surface area (Å²) < 4.78 is 34.1. The molecule has 10 heteroatoms. The van der Waals surface area contributed by atoms with Crippen molar-refractivity contribution in [2.24, 2.45) is 0 Å². The summed E-state index contributed by atoms with van der Waals surface area (Å²) in [6.07, 6.45) is -1.23. The zero-order chi connectivity index (χ0) is 9.65. The second kappa shape index (κ2) is 12.6. The van der Waals surface area contributed by atoms with E-state index in [2.05, 4.69) is 0 Å². The summed E-state index contributed by atoms with van der Waals surface area (Å²) in [7, 11) is -5.17. The summed E-state index contributed by atoms with van der Waals surface area (Å²) in [6.45, 7) is 1.20. The van der Waals surface area contributed by atoms with Crippen molar-refractivity contribution in [2.45, 2.75) is 13.0 Å². The Labute approximate surface area is 161 Å². The molecule has 0 fully saturated rings. The van der Waals surface area contributed by atoms with Gasteiger partial charge in [0.15, 0.2) is 0 Å². The number of carboxylic acid groups (broad SMARTS) is 1. The van der Waals surface area contributed by atoms with Crippen LogP contribution >= 0.6 is 0 Å². The van der Waals surface area contributed by atoms with Gasteiger partial charge in [0.25, 0.3) is 0 Å². The van der Waals surface area contributed by atoms with Crippen molar-refractivity contribution in [3.05, 3.63) is 0 Å². The Morgan fingerprint density at radius 3 is 1.38 bits per heavy atom. The van der Waals surface area contributed by atoms with Crippen molar-refractivity contribution in [3.8, 4) is 0 Å². The number of aliphatic carboxylic acids is 1. The average molecular weight is 264 g/mol. The van der Waals surface area contributed by atoms with Gasteiger partial charge in [-0.1, -0.05) is 0 Å². The van der Waals surface area contributed by atoms with E-state index in [0.717, 1.165) is 0 Å². The van der Waals surface area contributed by atoms with Gasteiger partial charge in [-0.15, -0.1) is 0 Å². The molecular weight excluding hydrogens is 258 g/mol. The van der Waals surface area contributed by atoms with Crippen molar-refractivity contribution in [1.29, 1.82) is 0 Å². The number of hydrogen-bond donors (Lipinski definition) is 2. The molecule has 0 saturated carbocycles. The Hall–Kier alpha value is 2.57. The van der Waals surface area contributed by atoms with Gasteiger partial charge in [-0.3, -0.25) is 8.42 Å². The molecule has 0 rings (SSSR count). The fourth-order valence-electron chi connectivity index (χ4n) is 0. The molecule has 0 saturated heterocycles. The summed E-state index contributed by atoms with van der Waals surface area (Å²) in [5.41, 5.74) is 0. The molecule has 0 radical (unpaired) electrons. The maximum atomic E-state index is 9.45. The van der Waals surface area contributed by atoms with Gasteiger partial charge in [-0.25, -0.2) is 4.79 Å². The van der Waals surface area contributed by atoms with Crippen LogP contribution in [0.1, 0.15) is 6.92 Å². The van der Waals surface area contributed by atoms with Crippen LogP contribution in [0.2, 0.25) is 0 Å². The average Bonchev–Trinajstić information content (AvgIpc) is 1.59. The monoisotopic (exact) mass is 264 g/mol. The molecule has 1 atom stereocenters. The first-order valence-corrected chi connectivity index (χ1v) is 3.55. The minimum atomic E-state index is -5.17. The van der Waals surface area contributed by atoms with Gasteiger partial charge < -0.3 is 19.3 Å². The predicted molar refractivity (Wildman–Crippen MR) is 29.8 cm³/mol. The summed E-state index contributed by atoms with van der Waals surface area (Å²) >= 11 is 0. The largest absolute Gasteiger partial charge is 1.00 e. The third-order valence-electron chi connectivity index (χ3n) is 0.357. The second-order valence-corrected chi connectivity index (χ2v) is 2.24. The molecule has 0 aliphatic rings. The molecule has 0 aromatic heterocycles. The van der Waals surface area contributed by atoms with Crippen LogP contribution in [0.3, 0.4) is 0 Å². The smallest absolute Gasteiger partial charge is 0.759 e. The molecule has 2 N–H and O–H groups in total. The molecule has 0 spiro atoms. The number of rotatable bonds is 1. The van der Waals surface area contributed by atoms with Gasteiger partial charge in [0.1, 0.15) is 6.10 Å². The second-order valence-electron chi connectivity index (χ2n) is 1.42. The van der Waals surface area contributed by atoms with Gasteiger partial charge in [-0.2, -0.15) is 0 Å². The van der Waals surface area contributed by atoms with Gasteiger partial charge in [-0.05, 0) is 6.92 Å². The maximum absolute atomic E-state index is 9.45. The van der Waals surface area contributed by atoms with Crippen LogP contribution < -0.4 is 103 Å². The van der Waals surface area contributed by atoms with Crippen molar-refractivity contribution in [2.75, 3.05) is 0 Å². The number of aliphatic hydroxyl groups is 1. The molecule has 1 unspecified atom stereocenters. The fourth-order valence-corrected chi connectivity index (χ4v) is 0. The molecule has 0 aliphatic carbocycles. The zero-order valence-electron chi connectivity index (χ0n) is 7.42. The fraction of sp³-hybridized carbons (Fsp3) is 0.667. The summed E-state index contributed by atoms with van der Waals surface area (Å²) in [5, 5.41) is 15.8. The van der Waals surface area contributed by atoms with E-state index in [-0.39, 0.29) is 103 Å². The van der Waals surface area contributed by atoms with E-state index in [0.29, 0.717) is 0 Å². The first kappa shape index (κ1) is 24.7. The Kier molecular flexibility index (Phi) is 24.0. The Morgan fingerprint density at radius 2 is 1.38 bits per heavy atom. The van der Waals surface area contributed by atoms with Crippen LogP contribution in [-0.2, 0) is 15.2 Å². The van der Waals surface area contributed by atoms with E-state index in [1.165, 1.54) is 6.92 Å². The SMILES string of the molecule is CC(O)C(=O)O.O=S(=O)([O-])[O-].[K+].[K+]. The third-order valence-corrected chi connectivity index (χ3v) is 0.357. The van der Waals surface area contributed by atoms with Crippen LogP contribution in [0.25, 0.3) is 0 Å². The minimum absolute atomic E-state index is 0. The Morgan fingerprint density at radius 1 is 1.31 bits per heavy atom. The van der Waals surface area contributed by atoms with E-state index in [4.69, 9.17) is 27.7 Å². The zero-order valence-corrected chi connectivity index (χ0v) is 14.5. The molecule has 68 valence electrons. The Balaban J connectivity index is -0.0000000546. The van der Waals surface area contributed by atoms with Gasteiger partial charge in [0.2, 0.25) is 0 Å². The van der Waals surface area contributed by atoms with Crippen LogP contribution in [-0.4, -0.2) is 39.8 Å². The van der Waals surface area contributed by atoms with Crippen LogP contribution in [0, 0.1) is 0 Å². The molecule has 0 heterocycles. The quantitative estimate of drug-likeness (QED) is 0.272. The molecule has 0 aromatic carbocycles. The summed E-state index contributed by atoms with van der Waals surface area (Å²) in [5.74, 6) is -1.19. The predicted octanol–water partition coefficient (Wildman–Crippen LogP) is -7.88. The number of carboxylic acids is 1. The molecular formula is C3H6K2O7S. The summed E-state index contributed by atoms with van der Waals surface area (Å²) in [6, 6.07) is 0. The molecule has 0 bridgehead atoms. The van der Waals surface area contributed by atoms with Gasteiger partial charge >= 0.3 is 109 Å². The van der Waals surface area contributed by atoms with Crippen molar-refractivity contribution in [3.63, 3.8) is 0 Å². The first-order valence-electron chi connectivity index (χ1n) is 2.22. The molecule has 13 heavy (non-hydrogen) atoms. The summed E-state index contributed by atoms with van der Waals surface area (Å²) in [4.78, 5) is 9.45. The van der Waals surface area contributed by atoms with E-state index < -0.39 is 22.5 Å². The van der Waals surface area contributed by atoms with E-state index >= 15 is 0 Å². The number of carbonyl (C=O) groups is 1. The van der Waals surface area contributed by atoms with E-state index in [1.807, 2.05) is 0 Å². The topological polar surface area (TPSA) is 138 Å². The first-order chi connectivity index (χ1) is 4.64. The molecule has 0 aliphatic heterocycles. The minimum Gasteiger partial charge on any atom is -0.759 e. The number of hydrogen-bond acceptors (Lipinski definition) is 6. The standard InChI is InChI=1S/C3H6O3.2K.H2O4S/c1-2(4)3(5)6;;;1-5(2,3)4/h2,4H,1H3,(H,5,6);;;(H2,1,2,3,4)/q;2*+1;/p-2. The van der Waals surface area contributed by atoms with Crippen LogP contribution in [0.5, 0.6) is 0 Å². The molecule has 7 nitrogen and oxygen atoms in total. The maximum Gasteiger partial charge on any atom is 1.00 e. The molecule has 0 aromatic rings. The van der Waals surface area contributed by atoms with Gasteiger partial charge in [0, 0.05) is 10.4 Å².